The molecule has 0 fully saturated rings. The minimum Gasteiger partial charge on any atom is -0.371 e. The summed E-state index contributed by atoms with van der Waals surface area (Å²) in [5.74, 6) is 4.99. The van der Waals surface area contributed by atoms with E-state index in [1.807, 2.05) is 30.3 Å². The molecule has 4 nitrogen and oxygen atoms in total. The number of para-hydroxylation sites is 1. The molecule has 4 heteroatoms. The van der Waals surface area contributed by atoms with Crippen molar-refractivity contribution < 1.29 is 0 Å². The van der Waals surface area contributed by atoms with Gasteiger partial charge in [0.2, 0.25) is 0 Å². The highest BCUT2D eigenvalue weighted by Crippen LogP contribution is 2.02. The molecule has 0 saturated heterocycles. The first-order valence-electron chi connectivity index (χ1n) is 3.41. The lowest BCUT2D eigenvalue weighted by atomic mass is 10.3. The van der Waals surface area contributed by atoms with Crippen LogP contribution in [0.5, 0.6) is 0 Å². The van der Waals surface area contributed by atoms with Crippen LogP contribution in [0.4, 0.5) is 5.69 Å². The second kappa shape index (κ2) is 4.68. The van der Waals surface area contributed by atoms with Gasteiger partial charge in [0.1, 0.15) is 0 Å². The number of anilines is 1. The van der Waals surface area contributed by atoms with E-state index in [1.54, 1.807) is 0 Å². The summed E-state index contributed by atoms with van der Waals surface area (Å²) in [4.78, 5) is 0. The maximum atomic E-state index is 4.99. The number of nitrogens with one attached hydrogen (secondary N) is 3. The van der Waals surface area contributed by atoms with Gasteiger partial charge in [0.05, 0.1) is 6.67 Å². The zero-order chi connectivity index (χ0) is 7.94. The van der Waals surface area contributed by atoms with Crippen molar-refractivity contribution >= 4 is 5.69 Å². The van der Waals surface area contributed by atoms with E-state index in [0.29, 0.717) is 6.67 Å². The molecule has 5 N–H and O–H groups in total. The minimum absolute atomic E-state index is 0.598. The molecule has 1 aromatic rings. The molecule has 0 atom stereocenters. The standard InChI is InChI=1S/C7H12N4/c8-11-10-6-9-7-4-2-1-3-5-7/h1-5,9-11H,6,8H2. The SMILES string of the molecule is NNNCNc1ccccc1. The first kappa shape index (κ1) is 8.00. The largest absolute Gasteiger partial charge is 0.371 e. The van der Waals surface area contributed by atoms with Gasteiger partial charge >= 0.3 is 0 Å². The Morgan fingerprint density at radius 2 is 1.91 bits per heavy atom. The Morgan fingerprint density at radius 3 is 2.55 bits per heavy atom. The first-order valence-corrected chi connectivity index (χ1v) is 3.41. The normalized spacial score (nSPS) is 9.55. The maximum absolute atomic E-state index is 4.99. The van der Waals surface area contributed by atoms with E-state index >= 15 is 0 Å². The summed E-state index contributed by atoms with van der Waals surface area (Å²) in [6.45, 7) is 0.598. The van der Waals surface area contributed by atoms with E-state index in [2.05, 4.69) is 16.3 Å². The Labute approximate surface area is 65.7 Å². The molecule has 0 amide bonds. The van der Waals surface area contributed by atoms with Crippen molar-refractivity contribution in [2.45, 2.75) is 0 Å². The van der Waals surface area contributed by atoms with Gasteiger partial charge in [0.15, 0.2) is 0 Å². The van der Waals surface area contributed by atoms with Crippen molar-refractivity contribution in [2.75, 3.05) is 12.0 Å². The van der Waals surface area contributed by atoms with E-state index in [1.165, 1.54) is 0 Å². The number of hydrazine groups is 2. The molecule has 0 saturated carbocycles. The number of nitrogens with two attached hydrogens (primary N) is 1. The molecule has 0 aromatic heterocycles. The van der Waals surface area contributed by atoms with E-state index < -0.39 is 0 Å². The molecule has 0 aliphatic carbocycles. The van der Waals surface area contributed by atoms with Crippen molar-refractivity contribution in [1.82, 2.24) is 11.0 Å². The van der Waals surface area contributed by atoms with Crippen LogP contribution in [-0.2, 0) is 0 Å². The van der Waals surface area contributed by atoms with Gasteiger partial charge in [0, 0.05) is 5.69 Å². The summed E-state index contributed by atoms with van der Waals surface area (Å²) in [5, 5.41) is 3.09. The van der Waals surface area contributed by atoms with Crippen molar-refractivity contribution in [3.05, 3.63) is 30.3 Å². The molecule has 0 radical (unpaired) electrons. The second-order valence-corrected chi connectivity index (χ2v) is 2.04. The highest BCUT2D eigenvalue weighted by atomic mass is 15.5. The lowest BCUT2D eigenvalue weighted by Gasteiger charge is -2.05. The van der Waals surface area contributed by atoms with Crippen molar-refractivity contribution in [2.24, 2.45) is 5.84 Å². The monoisotopic (exact) mass is 152 g/mol. The van der Waals surface area contributed by atoms with Gasteiger partial charge in [-0.15, -0.1) is 0 Å². The fourth-order valence-electron chi connectivity index (χ4n) is 0.753. The van der Waals surface area contributed by atoms with Crippen LogP contribution in [0.25, 0.3) is 0 Å². The number of rotatable bonds is 4. The third-order valence-corrected chi connectivity index (χ3v) is 1.26. The highest BCUT2D eigenvalue weighted by molar-refractivity contribution is 5.41. The maximum Gasteiger partial charge on any atom is 0.0796 e. The van der Waals surface area contributed by atoms with Crippen LogP contribution in [0.2, 0.25) is 0 Å². The van der Waals surface area contributed by atoms with Crippen LogP contribution in [-0.4, -0.2) is 6.67 Å². The molecule has 0 heterocycles. The molecule has 1 rings (SSSR count). The van der Waals surface area contributed by atoms with Gasteiger partial charge in [-0.2, -0.15) is 5.53 Å². The van der Waals surface area contributed by atoms with E-state index in [4.69, 9.17) is 5.84 Å². The lowest BCUT2D eigenvalue weighted by molar-refractivity contribution is 0.581. The predicted molar refractivity (Wildman–Crippen MR) is 45.4 cm³/mol. The zero-order valence-corrected chi connectivity index (χ0v) is 6.17. The summed E-state index contributed by atoms with van der Waals surface area (Å²) < 4.78 is 0. The fourth-order valence-corrected chi connectivity index (χ4v) is 0.753. The van der Waals surface area contributed by atoms with E-state index in [9.17, 15) is 0 Å². The van der Waals surface area contributed by atoms with E-state index in [-0.39, 0.29) is 0 Å². The molecule has 11 heavy (non-hydrogen) atoms. The zero-order valence-electron chi connectivity index (χ0n) is 6.17. The molecule has 0 spiro atoms. The van der Waals surface area contributed by atoms with Crippen LogP contribution < -0.4 is 22.1 Å². The minimum atomic E-state index is 0.598. The average Bonchev–Trinajstić information content (AvgIpc) is 2.07. The first-order chi connectivity index (χ1) is 5.43. The fraction of sp³-hybridized carbons (Fsp3) is 0.143. The van der Waals surface area contributed by atoms with Crippen LogP contribution in [0.1, 0.15) is 0 Å². The average molecular weight is 152 g/mol. The van der Waals surface area contributed by atoms with Crippen molar-refractivity contribution in [3.63, 3.8) is 0 Å². The van der Waals surface area contributed by atoms with Gasteiger partial charge in [-0.25, -0.2) is 5.43 Å². The van der Waals surface area contributed by atoms with Crippen LogP contribution in [0, 0.1) is 0 Å². The molecule has 0 aliphatic heterocycles. The molecule has 60 valence electrons. The third-order valence-electron chi connectivity index (χ3n) is 1.26. The molecular formula is C7H12N4. The van der Waals surface area contributed by atoms with Gasteiger partial charge in [-0.1, -0.05) is 18.2 Å². The van der Waals surface area contributed by atoms with Gasteiger partial charge < -0.3 is 5.32 Å². The van der Waals surface area contributed by atoms with Gasteiger partial charge in [-0.05, 0) is 12.1 Å². The summed E-state index contributed by atoms with van der Waals surface area (Å²) in [7, 11) is 0. The second-order valence-electron chi connectivity index (χ2n) is 2.04. The summed E-state index contributed by atoms with van der Waals surface area (Å²) in [5.41, 5.74) is 6.10. The lowest BCUT2D eigenvalue weighted by Crippen LogP contribution is -2.40. The Morgan fingerprint density at radius 1 is 1.18 bits per heavy atom. The van der Waals surface area contributed by atoms with Crippen LogP contribution in [0.15, 0.2) is 30.3 Å². The van der Waals surface area contributed by atoms with Crippen LogP contribution >= 0.6 is 0 Å². The number of hydrogen-bond donors (Lipinski definition) is 4. The molecular weight excluding hydrogens is 140 g/mol. The Kier molecular flexibility index (Phi) is 3.40. The predicted octanol–water partition coefficient (Wildman–Crippen LogP) is 0.0239. The van der Waals surface area contributed by atoms with Crippen molar-refractivity contribution in [1.29, 1.82) is 0 Å². The molecule has 0 aliphatic rings. The van der Waals surface area contributed by atoms with Gasteiger partial charge in [0.25, 0.3) is 0 Å². The molecule has 0 bridgehead atoms. The highest BCUT2D eigenvalue weighted by Gasteiger charge is 1.84. The Bertz CT molecular complexity index is 187. The molecule has 0 unspecified atom stereocenters. The number of benzene rings is 1. The van der Waals surface area contributed by atoms with Crippen LogP contribution in [0.3, 0.4) is 0 Å². The topological polar surface area (TPSA) is 62.1 Å². The number of hydrogen-bond acceptors (Lipinski definition) is 4. The van der Waals surface area contributed by atoms with Gasteiger partial charge in [-0.3, -0.25) is 5.84 Å². The molecule has 1 aromatic carbocycles. The Balaban J connectivity index is 2.28. The van der Waals surface area contributed by atoms with Crippen molar-refractivity contribution in [3.8, 4) is 0 Å². The summed E-state index contributed by atoms with van der Waals surface area (Å²) in [6, 6.07) is 9.88. The quantitative estimate of drug-likeness (QED) is 0.213. The smallest absolute Gasteiger partial charge is 0.0796 e. The Hall–Kier alpha value is -1.10. The summed E-state index contributed by atoms with van der Waals surface area (Å²) in [6.07, 6.45) is 0. The third kappa shape index (κ3) is 2.99. The summed E-state index contributed by atoms with van der Waals surface area (Å²) >= 11 is 0. The van der Waals surface area contributed by atoms with E-state index in [0.717, 1.165) is 5.69 Å².